The maximum Gasteiger partial charge on any atom is 0.0239 e. The first-order valence-electron chi connectivity index (χ1n) is 7.69. The van der Waals surface area contributed by atoms with Crippen LogP contribution < -0.4 is 5.73 Å². The molecule has 2 N–H and O–H groups in total. The van der Waals surface area contributed by atoms with Crippen molar-refractivity contribution in [2.75, 3.05) is 19.6 Å². The molecule has 0 fully saturated rings. The van der Waals surface area contributed by atoms with Gasteiger partial charge < -0.3 is 5.73 Å². The lowest BCUT2D eigenvalue weighted by atomic mass is 9.83. The summed E-state index contributed by atoms with van der Waals surface area (Å²) in [7, 11) is 0. The highest BCUT2D eigenvalue weighted by Gasteiger charge is 2.21. The number of hydrogen-bond acceptors (Lipinski definition) is 2. The Bertz CT molecular complexity index is 469. The third kappa shape index (κ3) is 3.94. The predicted octanol–water partition coefficient (Wildman–Crippen LogP) is 3.37. The molecule has 2 rings (SSSR count). The van der Waals surface area contributed by atoms with Gasteiger partial charge in [-0.1, -0.05) is 56.7 Å². The van der Waals surface area contributed by atoms with E-state index in [2.05, 4.69) is 56.0 Å². The van der Waals surface area contributed by atoms with Crippen LogP contribution in [0.4, 0.5) is 0 Å². The fourth-order valence-corrected chi connectivity index (χ4v) is 2.89. The molecule has 1 aromatic rings. The van der Waals surface area contributed by atoms with Gasteiger partial charge in [0.1, 0.15) is 0 Å². The maximum atomic E-state index is 5.71. The zero-order valence-corrected chi connectivity index (χ0v) is 13.2. The molecular formula is C18H28N2. The molecule has 0 spiro atoms. The van der Waals surface area contributed by atoms with Crippen molar-refractivity contribution >= 4 is 0 Å². The van der Waals surface area contributed by atoms with Gasteiger partial charge in [-0.05, 0) is 35.9 Å². The first kappa shape index (κ1) is 15.3. The van der Waals surface area contributed by atoms with E-state index in [1.807, 2.05) is 0 Å². The fraction of sp³-hybridized carbons (Fsp3) is 0.556. The Hall–Kier alpha value is -1.12. The Balaban J connectivity index is 2.01. The molecule has 1 heterocycles. The van der Waals surface area contributed by atoms with Gasteiger partial charge in [0, 0.05) is 19.6 Å². The van der Waals surface area contributed by atoms with Gasteiger partial charge in [-0.15, -0.1) is 0 Å². The minimum Gasteiger partial charge on any atom is -0.330 e. The van der Waals surface area contributed by atoms with Crippen LogP contribution in [0.1, 0.15) is 38.3 Å². The van der Waals surface area contributed by atoms with Crippen molar-refractivity contribution in [2.45, 2.75) is 40.2 Å². The third-order valence-electron chi connectivity index (χ3n) is 4.18. The molecule has 110 valence electrons. The van der Waals surface area contributed by atoms with Crippen molar-refractivity contribution < 1.29 is 0 Å². The Kier molecular flexibility index (Phi) is 5.00. The van der Waals surface area contributed by atoms with Gasteiger partial charge in [0.05, 0.1) is 0 Å². The average molecular weight is 272 g/mol. The molecule has 1 aliphatic rings. The van der Waals surface area contributed by atoms with E-state index >= 15 is 0 Å². The topological polar surface area (TPSA) is 29.3 Å². The van der Waals surface area contributed by atoms with Crippen molar-refractivity contribution in [1.82, 2.24) is 4.90 Å². The van der Waals surface area contributed by atoms with Crippen molar-refractivity contribution in [3.05, 3.63) is 47.0 Å². The Morgan fingerprint density at radius 1 is 1.15 bits per heavy atom. The van der Waals surface area contributed by atoms with Crippen LogP contribution in [-0.2, 0) is 13.0 Å². The predicted molar refractivity (Wildman–Crippen MR) is 86.6 cm³/mol. The smallest absolute Gasteiger partial charge is 0.0239 e. The Morgan fingerprint density at radius 3 is 2.40 bits per heavy atom. The summed E-state index contributed by atoms with van der Waals surface area (Å²) in [5, 5.41) is 0. The molecule has 0 saturated carbocycles. The summed E-state index contributed by atoms with van der Waals surface area (Å²) in [5.74, 6) is 0. The summed E-state index contributed by atoms with van der Waals surface area (Å²) >= 11 is 0. The Morgan fingerprint density at radius 2 is 1.85 bits per heavy atom. The van der Waals surface area contributed by atoms with E-state index in [4.69, 9.17) is 5.73 Å². The van der Waals surface area contributed by atoms with Crippen molar-refractivity contribution in [1.29, 1.82) is 0 Å². The van der Waals surface area contributed by atoms with Gasteiger partial charge in [0.2, 0.25) is 0 Å². The zero-order valence-electron chi connectivity index (χ0n) is 13.2. The molecule has 2 nitrogen and oxygen atoms in total. The van der Waals surface area contributed by atoms with Crippen LogP contribution in [0.25, 0.3) is 0 Å². The maximum absolute atomic E-state index is 5.71. The van der Waals surface area contributed by atoms with Crippen LogP contribution in [0.3, 0.4) is 0 Å². The van der Waals surface area contributed by atoms with Gasteiger partial charge in [-0.3, -0.25) is 4.90 Å². The van der Waals surface area contributed by atoms with Crippen LogP contribution in [0.15, 0.2) is 35.9 Å². The van der Waals surface area contributed by atoms with Crippen LogP contribution in [0, 0.1) is 5.41 Å². The SMILES string of the molecule is CC(C)(C)C1=CCN(Cc2ccccc2CCN)CC1. The number of nitrogens with zero attached hydrogens (tertiary/aromatic N) is 1. The van der Waals surface area contributed by atoms with Gasteiger partial charge in [-0.25, -0.2) is 0 Å². The number of nitrogens with two attached hydrogens (primary N) is 1. The Labute approximate surface area is 123 Å². The number of hydrogen-bond donors (Lipinski definition) is 1. The van der Waals surface area contributed by atoms with Gasteiger partial charge in [0.15, 0.2) is 0 Å². The standard InChI is InChI=1S/C18H28N2/c1-18(2,3)17-9-12-20(13-10-17)14-16-7-5-4-6-15(16)8-11-19/h4-7,9H,8,10-14,19H2,1-3H3. The number of rotatable bonds is 4. The van der Waals surface area contributed by atoms with E-state index in [1.54, 1.807) is 5.57 Å². The second-order valence-corrected chi connectivity index (χ2v) is 6.77. The summed E-state index contributed by atoms with van der Waals surface area (Å²) in [4.78, 5) is 2.53. The van der Waals surface area contributed by atoms with Gasteiger partial charge in [0.25, 0.3) is 0 Å². The monoisotopic (exact) mass is 272 g/mol. The first-order chi connectivity index (χ1) is 9.50. The molecule has 1 aliphatic heterocycles. The lowest BCUT2D eigenvalue weighted by molar-refractivity contribution is 0.271. The molecule has 0 saturated heterocycles. The minimum absolute atomic E-state index is 0.323. The van der Waals surface area contributed by atoms with Crippen molar-refractivity contribution in [2.24, 2.45) is 11.1 Å². The molecule has 0 aromatic heterocycles. The molecule has 0 radical (unpaired) electrons. The molecule has 1 aromatic carbocycles. The van der Waals surface area contributed by atoms with Crippen molar-refractivity contribution in [3.8, 4) is 0 Å². The lowest BCUT2D eigenvalue weighted by Crippen LogP contribution is -2.31. The molecule has 20 heavy (non-hydrogen) atoms. The summed E-state index contributed by atoms with van der Waals surface area (Å²) in [6, 6.07) is 8.70. The molecule has 0 amide bonds. The normalized spacial score (nSPS) is 17.1. The molecule has 0 aliphatic carbocycles. The molecular weight excluding hydrogens is 244 g/mol. The van der Waals surface area contributed by atoms with Gasteiger partial charge in [-0.2, -0.15) is 0 Å². The lowest BCUT2D eigenvalue weighted by Gasteiger charge is -2.32. The third-order valence-corrected chi connectivity index (χ3v) is 4.18. The van der Waals surface area contributed by atoms with E-state index in [-0.39, 0.29) is 0 Å². The van der Waals surface area contributed by atoms with E-state index < -0.39 is 0 Å². The second kappa shape index (κ2) is 6.55. The molecule has 0 atom stereocenters. The molecule has 0 unspecified atom stereocenters. The van der Waals surface area contributed by atoms with Crippen LogP contribution in [-0.4, -0.2) is 24.5 Å². The summed E-state index contributed by atoms with van der Waals surface area (Å²) < 4.78 is 0. The van der Waals surface area contributed by atoms with E-state index in [1.165, 1.54) is 24.1 Å². The molecule has 2 heteroatoms. The quantitative estimate of drug-likeness (QED) is 0.852. The highest BCUT2D eigenvalue weighted by molar-refractivity contribution is 5.28. The van der Waals surface area contributed by atoms with Crippen molar-refractivity contribution in [3.63, 3.8) is 0 Å². The largest absolute Gasteiger partial charge is 0.330 e. The first-order valence-corrected chi connectivity index (χ1v) is 7.69. The van der Waals surface area contributed by atoms with Crippen LogP contribution >= 0.6 is 0 Å². The summed E-state index contributed by atoms with van der Waals surface area (Å²) in [6.45, 7) is 10.9. The van der Waals surface area contributed by atoms with E-state index in [0.717, 1.165) is 26.1 Å². The van der Waals surface area contributed by atoms with Crippen LogP contribution in [0.5, 0.6) is 0 Å². The minimum atomic E-state index is 0.323. The second-order valence-electron chi connectivity index (χ2n) is 6.77. The number of benzene rings is 1. The average Bonchev–Trinajstić information content (AvgIpc) is 2.41. The molecule has 0 bridgehead atoms. The summed E-state index contributed by atoms with van der Waals surface area (Å²) in [6.07, 6.45) is 4.60. The van der Waals surface area contributed by atoms with E-state index in [0.29, 0.717) is 5.41 Å². The van der Waals surface area contributed by atoms with Crippen LogP contribution in [0.2, 0.25) is 0 Å². The highest BCUT2D eigenvalue weighted by atomic mass is 15.1. The zero-order chi connectivity index (χ0) is 14.6. The van der Waals surface area contributed by atoms with Gasteiger partial charge >= 0.3 is 0 Å². The fourth-order valence-electron chi connectivity index (χ4n) is 2.89. The van der Waals surface area contributed by atoms with E-state index in [9.17, 15) is 0 Å². The summed E-state index contributed by atoms with van der Waals surface area (Å²) in [5.41, 5.74) is 10.5. The highest BCUT2D eigenvalue weighted by Crippen LogP contribution is 2.30.